The largest absolute Gasteiger partial charge is 0.354 e. The maximum atomic E-state index is 16.5. The first-order valence-corrected chi connectivity index (χ1v) is 21.1. The van der Waals surface area contributed by atoms with E-state index in [1.54, 1.807) is 41.1 Å². The second-order valence-electron chi connectivity index (χ2n) is 16.7. The molecule has 8 aromatic carbocycles. The normalized spacial score (nSPS) is 13.7. The Balaban J connectivity index is 0.00000704. The fraction of sp³-hybridized carbons (Fsp3) is 0.0690. The van der Waals surface area contributed by atoms with Crippen LogP contribution in [0.1, 0.15) is 40.0 Å². The molecule has 0 saturated heterocycles. The maximum absolute atomic E-state index is 16.5. The summed E-state index contributed by atoms with van der Waals surface area (Å²) >= 11 is 0. The zero-order chi connectivity index (χ0) is 55.5. The molecule has 0 N–H and O–H groups in total. The van der Waals surface area contributed by atoms with E-state index in [2.05, 4.69) is 18.5 Å². The van der Waals surface area contributed by atoms with Gasteiger partial charge in [-0.3, -0.25) is 4.57 Å². The van der Waals surface area contributed by atoms with Crippen molar-refractivity contribution in [3.63, 3.8) is 0 Å². The average Bonchev–Trinajstić information content (AvgIpc) is 4.15. The van der Waals surface area contributed by atoms with Gasteiger partial charge in [-0.05, 0) is 62.5 Å². The van der Waals surface area contributed by atoms with E-state index >= 15 is 17.6 Å². The van der Waals surface area contributed by atoms with E-state index in [1.807, 2.05) is 57.2 Å². The van der Waals surface area contributed by atoms with Gasteiger partial charge in [-0.1, -0.05) is 159 Å². The van der Waals surface area contributed by atoms with Crippen molar-refractivity contribution in [1.29, 1.82) is 0 Å². The number of anilines is 3. The number of para-hydroxylation sites is 4. The molecule has 0 aliphatic rings. The minimum absolute atomic E-state index is 0. The van der Waals surface area contributed by atoms with Crippen molar-refractivity contribution < 1.29 is 61.3 Å². The smallest absolute Gasteiger partial charge is 0.268 e. The van der Waals surface area contributed by atoms with Crippen molar-refractivity contribution in [3.05, 3.63) is 229 Å². The fourth-order valence-electron chi connectivity index (χ4n) is 8.49. The van der Waals surface area contributed by atoms with E-state index in [0.29, 0.717) is 27.8 Å². The van der Waals surface area contributed by atoms with Crippen LogP contribution in [0.25, 0.3) is 72.3 Å². The molecule has 0 amide bonds. The molecule has 0 radical (unpaired) electrons. The van der Waals surface area contributed by atoms with Crippen LogP contribution in [0.4, 0.5) is 39.0 Å². The van der Waals surface area contributed by atoms with Crippen molar-refractivity contribution in [1.82, 2.24) is 14.1 Å². The summed E-state index contributed by atoms with van der Waals surface area (Å²) in [5, 5.41) is 1.37. The van der Waals surface area contributed by atoms with Gasteiger partial charge in [0.15, 0.2) is 23.3 Å². The summed E-state index contributed by atoms with van der Waals surface area (Å²) in [7, 11) is 0. The molecule has 0 atom stereocenters. The van der Waals surface area contributed by atoms with Crippen molar-refractivity contribution >= 4 is 49.9 Å². The molecule has 0 saturated carbocycles. The first-order valence-electron chi connectivity index (χ1n) is 26.1. The standard InChI is InChI=1S/C58H38F5N5.Pt/c1-58(2,3)38-30-31-64-50(32-38)68-46-25-11-10-22-44(46)45-29-28-41(34-49(45)68)67(57-54(62)52(60)51(59)53(61)55(57)63)40-21-14-20-39(33-40)65-35-66(48-27-13-12-26-47(48)65)56-42(36-16-6-4-7-17-36)23-15-24-43(56)37-18-8-5-9-19-37;/h4-32H,1-3H3;/q-2;/i4D,5D,6D,7D,8D,9D,16D,17D,18D,19D;. The fourth-order valence-corrected chi connectivity index (χ4v) is 8.49. The van der Waals surface area contributed by atoms with Crippen LogP contribution in [0.2, 0.25) is 0 Å². The summed E-state index contributed by atoms with van der Waals surface area (Å²) in [4.78, 5) is 5.50. The Kier molecular flexibility index (Phi) is 8.90. The number of rotatable bonds is 8. The number of pyridine rings is 1. The molecule has 11 aromatic rings. The molecule has 3 aromatic heterocycles. The van der Waals surface area contributed by atoms with Gasteiger partial charge in [-0.15, -0.1) is 23.6 Å². The van der Waals surface area contributed by atoms with Gasteiger partial charge >= 0.3 is 0 Å². The van der Waals surface area contributed by atoms with E-state index in [1.165, 1.54) is 51.6 Å². The second kappa shape index (κ2) is 17.8. The molecule has 3 heterocycles. The second-order valence-corrected chi connectivity index (χ2v) is 16.7. The molecule has 0 aliphatic heterocycles. The van der Waals surface area contributed by atoms with E-state index in [4.69, 9.17) is 18.7 Å². The number of benzene rings is 8. The quantitative estimate of drug-likeness (QED) is 0.0499. The number of fused-ring (bicyclic) bond motifs is 4. The van der Waals surface area contributed by atoms with Gasteiger partial charge in [0.05, 0.1) is 30.4 Å². The monoisotopic (exact) mass is 1100 g/mol. The molecule has 0 bridgehead atoms. The third-order valence-electron chi connectivity index (χ3n) is 11.7. The van der Waals surface area contributed by atoms with Gasteiger partial charge < -0.3 is 14.0 Å². The Morgan fingerprint density at radius 2 is 1.20 bits per heavy atom. The van der Waals surface area contributed by atoms with Crippen LogP contribution in [-0.2, 0) is 26.5 Å². The van der Waals surface area contributed by atoms with E-state index < -0.39 is 95.2 Å². The van der Waals surface area contributed by atoms with Gasteiger partial charge in [0.25, 0.3) is 6.33 Å². The molecule has 69 heavy (non-hydrogen) atoms. The van der Waals surface area contributed by atoms with Crippen LogP contribution in [0.3, 0.4) is 0 Å². The minimum atomic E-state index is -2.37. The van der Waals surface area contributed by atoms with Crippen molar-refractivity contribution in [2.45, 2.75) is 26.2 Å². The zero-order valence-corrected chi connectivity index (χ0v) is 38.7. The number of aromatic nitrogens is 4. The Labute approximate surface area is 423 Å². The predicted molar refractivity (Wildman–Crippen MR) is 257 cm³/mol. The van der Waals surface area contributed by atoms with Crippen LogP contribution in [-0.4, -0.2) is 14.1 Å². The molecule has 11 heteroatoms. The first kappa shape index (κ1) is 34.6. The van der Waals surface area contributed by atoms with Gasteiger partial charge in [0, 0.05) is 32.8 Å². The molecule has 0 fully saturated rings. The van der Waals surface area contributed by atoms with Gasteiger partial charge in [-0.25, -0.2) is 26.9 Å². The molecule has 0 aliphatic carbocycles. The van der Waals surface area contributed by atoms with Crippen LogP contribution < -0.4 is 9.47 Å². The van der Waals surface area contributed by atoms with Crippen molar-refractivity contribution in [2.24, 2.45) is 0 Å². The molecule has 0 unspecified atom stereocenters. The van der Waals surface area contributed by atoms with Crippen molar-refractivity contribution in [3.8, 4) is 39.4 Å². The maximum Gasteiger partial charge on any atom is 0.268 e. The SMILES string of the molecule is [2H]c1c([2H])c([2H])c(-c2cccc(-c3c([2H])c([2H])c([2H])c([2H])c3[2H])c2-[n+]2[c-]n(-c3[c-]c(N(c4[c-]c5c(cc4)c4ccccc4n5-c4cc(C(C)(C)C)ccn4)c4c(F)c(F)c(F)c(F)c4F)ccc3)c3ccccc32)c([2H])c1[2H].[Pt]. The Bertz CT molecular complexity index is 4200. The van der Waals surface area contributed by atoms with Gasteiger partial charge in [0.2, 0.25) is 5.82 Å². The van der Waals surface area contributed by atoms with Crippen molar-refractivity contribution in [2.75, 3.05) is 4.90 Å². The average molecular weight is 1110 g/mol. The summed E-state index contributed by atoms with van der Waals surface area (Å²) in [5.74, 6) is -10.6. The third kappa shape index (κ3) is 7.69. The number of halogens is 5. The van der Waals surface area contributed by atoms with Crippen LogP contribution in [0.5, 0.6) is 0 Å². The van der Waals surface area contributed by atoms with Gasteiger partial charge in [0.1, 0.15) is 11.5 Å². The minimum Gasteiger partial charge on any atom is -0.354 e. The summed E-state index contributed by atoms with van der Waals surface area (Å²) in [5.41, 5.74) is -0.144. The summed E-state index contributed by atoms with van der Waals surface area (Å²) in [6.45, 7) is 6.11. The third-order valence-corrected chi connectivity index (χ3v) is 11.7. The van der Waals surface area contributed by atoms with E-state index in [9.17, 15) is 4.39 Å². The first-order chi connectivity index (χ1) is 37.1. The molecule has 0 spiro atoms. The summed E-state index contributed by atoms with van der Waals surface area (Å²) < 4.78 is 171. The summed E-state index contributed by atoms with van der Waals surface area (Å²) in [6, 6.07) is 29.4. The number of hydrogen-bond donors (Lipinski definition) is 0. The van der Waals surface area contributed by atoms with Crippen LogP contribution in [0.15, 0.2) is 176 Å². The van der Waals surface area contributed by atoms with E-state index in [-0.39, 0.29) is 77.0 Å². The molecule has 11 rings (SSSR count). The van der Waals surface area contributed by atoms with Crippen LogP contribution in [0, 0.1) is 47.5 Å². The van der Waals surface area contributed by atoms with Gasteiger partial charge in [-0.2, -0.15) is 24.3 Å². The molecular formula is C58H38F5N5Pt-2. The Morgan fingerprint density at radius 1 is 0.609 bits per heavy atom. The Morgan fingerprint density at radius 3 is 1.87 bits per heavy atom. The van der Waals surface area contributed by atoms with Crippen LogP contribution >= 0.6 is 0 Å². The number of nitrogens with zero attached hydrogens (tertiary/aromatic N) is 5. The number of imidazole rings is 1. The zero-order valence-electron chi connectivity index (χ0n) is 46.4. The summed E-state index contributed by atoms with van der Waals surface area (Å²) in [6.07, 6.45) is 4.87. The molecular weight excluding hydrogens is 1060 g/mol. The van der Waals surface area contributed by atoms with E-state index in [0.717, 1.165) is 15.8 Å². The molecule has 342 valence electrons. The molecule has 5 nitrogen and oxygen atoms in total. The Hall–Kier alpha value is -7.68. The topological polar surface area (TPSA) is 29.9 Å². The number of hydrogen-bond acceptors (Lipinski definition) is 2. The predicted octanol–water partition coefficient (Wildman–Crippen LogP) is 14.6.